The molecule has 0 spiro atoms. The Hall–Kier alpha value is -2.51. The van der Waals surface area contributed by atoms with Crippen molar-refractivity contribution in [1.82, 2.24) is 4.90 Å². The second-order valence-electron chi connectivity index (χ2n) is 6.76. The molecule has 0 amide bonds. The number of thiophene rings is 1. The number of carboxylic acids is 1. The van der Waals surface area contributed by atoms with Gasteiger partial charge < -0.3 is 9.94 Å². The monoisotopic (exact) mass is 402 g/mol. The van der Waals surface area contributed by atoms with Crippen LogP contribution in [0.4, 0.5) is 4.39 Å². The fraction of sp³-hybridized carbons (Fsp3) is 0.333. The van der Waals surface area contributed by atoms with Crippen molar-refractivity contribution >= 4 is 23.0 Å². The van der Waals surface area contributed by atoms with Crippen LogP contribution in [0.2, 0.25) is 0 Å². The molecular weight excluding hydrogens is 379 g/mol. The Balaban J connectivity index is 1.71. The Bertz CT molecular complexity index is 920. The van der Waals surface area contributed by atoms with E-state index >= 15 is 0 Å². The number of nitrogens with zero attached hydrogens (tertiary/aromatic N) is 2. The second kappa shape index (κ2) is 9.12. The van der Waals surface area contributed by atoms with Crippen LogP contribution in [0.15, 0.2) is 46.5 Å². The van der Waals surface area contributed by atoms with Crippen LogP contribution in [-0.4, -0.2) is 47.9 Å². The average Bonchev–Trinajstić information content (AvgIpc) is 3.08. The summed E-state index contributed by atoms with van der Waals surface area (Å²) >= 11 is 1.57. The van der Waals surface area contributed by atoms with Crippen LogP contribution < -0.4 is 0 Å². The molecule has 0 bridgehead atoms. The van der Waals surface area contributed by atoms with Gasteiger partial charge in [0.1, 0.15) is 18.1 Å². The molecule has 7 heteroatoms. The van der Waals surface area contributed by atoms with Gasteiger partial charge in [-0.2, -0.15) is 0 Å². The van der Waals surface area contributed by atoms with Crippen LogP contribution in [0.1, 0.15) is 28.0 Å². The van der Waals surface area contributed by atoms with Crippen LogP contribution >= 0.6 is 11.3 Å². The summed E-state index contributed by atoms with van der Waals surface area (Å²) in [6.07, 6.45) is 2.49. The van der Waals surface area contributed by atoms with E-state index in [1.54, 1.807) is 23.5 Å². The Morgan fingerprint density at radius 2 is 2.14 bits per heavy atom. The van der Waals surface area contributed by atoms with Crippen LogP contribution in [-0.2, 0) is 9.63 Å². The van der Waals surface area contributed by atoms with Gasteiger partial charge in [0.25, 0.3) is 0 Å². The smallest absolute Gasteiger partial charge is 0.332 e. The zero-order valence-corrected chi connectivity index (χ0v) is 16.8. The molecular formula is C21H23FN2O3S. The molecule has 0 atom stereocenters. The molecule has 3 rings (SSSR count). The summed E-state index contributed by atoms with van der Waals surface area (Å²) in [5.41, 5.74) is 3.83. The molecule has 0 saturated carbocycles. The van der Waals surface area contributed by atoms with E-state index in [9.17, 15) is 9.18 Å². The molecule has 2 aromatic rings. The maximum absolute atomic E-state index is 13.5. The fourth-order valence-corrected chi connectivity index (χ4v) is 4.07. The zero-order chi connectivity index (χ0) is 20.1. The van der Waals surface area contributed by atoms with E-state index in [-0.39, 0.29) is 5.82 Å². The number of aliphatic carboxylic acids is 1. The molecule has 0 saturated heterocycles. The highest BCUT2D eigenvalue weighted by molar-refractivity contribution is 7.12. The van der Waals surface area contributed by atoms with Crippen molar-refractivity contribution in [1.29, 1.82) is 0 Å². The van der Waals surface area contributed by atoms with Gasteiger partial charge in [0.2, 0.25) is 0 Å². The maximum atomic E-state index is 13.5. The zero-order valence-electron chi connectivity index (χ0n) is 15.9. The van der Waals surface area contributed by atoms with Gasteiger partial charge in [-0.1, -0.05) is 11.2 Å². The molecule has 0 fully saturated rings. The first kappa shape index (κ1) is 20.2. The lowest BCUT2D eigenvalue weighted by Crippen LogP contribution is -2.34. The molecule has 1 aliphatic heterocycles. The van der Waals surface area contributed by atoms with Gasteiger partial charge in [-0.05, 0) is 61.0 Å². The molecule has 1 N–H and O–H groups in total. The van der Waals surface area contributed by atoms with Gasteiger partial charge >= 0.3 is 5.97 Å². The number of hydrogen-bond donors (Lipinski definition) is 1. The van der Waals surface area contributed by atoms with Crippen LogP contribution in [0.25, 0.3) is 0 Å². The highest BCUT2D eigenvalue weighted by atomic mass is 32.1. The van der Waals surface area contributed by atoms with Gasteiger partial charge in [-0.25, -0.2) is 9.18 Å². The van der Waals surface area contributed by atoms with Gasteiger partial charge in [-0.3, -0.25) is 4.90 Å². The highest BCUT2D eigenvalue weighted by Gasteiger charge is 2.18. The summed E-state index contributed by atoms with van der Waals surface area (Å²) in [6.45, 7) is 6.01. The van der Waals surface area contributed by atoms with E-state index in [4.69, 9.17) is 9.94 Å². The molecule has 5 nitrogen and oxygen atoms in total. The van der Waals surface area contributed by atoms with Crippen molar-refractivity contribution in [2.24, 2.45) is 5.16 Å². The van der Waals surface area contributed by atoms with Gasteiger partial charge in [0.05, 0.1) is 4.88 Å². The van der Waals surface area contributed by atoms with Gasteiger partial charge in [0, 0.05) is 30.8 Å². The maximum Gasteiger partial charge on any atom is 0.332 e. The molecule has 1 aromatic heterocycles. The number of carboxylic acid groups (broad SMARTS) is 1. The van der Waals surface area contributed by atoms with Crippen LogP contribution in [0.3, 0.4) is 0 Å². The predicted octanol–water partition coefficient (Wildman–Crippen LogP) is 3.99. The van der Waals surface area contributed by atoms with Gasteiger partial charge in [-0.15, -0.1) is 11.3 Å². The van der Waals surface area contributed by atoms with E-state index < -0.39 is 5.97 Å². The topological polar surface area (TPSA) is 62.1 Å². The number of carbonyl (C=O) groups is 1. The first-order chi connectivity index (χ1) is 13.5. The summed E-state index contributed by atoms with van der Waals surface area (Å²) in [5, 5.41) is 15.5. The molecule has 0 aliphatic carbocycles. The summed E-state index contributed by atoms with van der Waals surface area (Å²) in [7, 11) is 0. The summed E-state index contributed by atoms with van der Waals surface area (Å²) in [6, 6.07) is 6.65. The molecule has 28 heavy (non-hydrogen) atoms. The number of benzene rings is 1. The van der Waals surface area contributed by atoms with E-state index in [0.29, 0.717) is 31.0 Å². The minimum atomic E-state index is -0.870. The fourth-order valence-electron chi connectivity index (χ4n) is 3.15. The largest absolute Gasteiger partial charge is 0.478 e. The minimum Gasteiger partial charge on any atom is -0.478 e. The van der Waals surface area contributed by atoms with Crippen molar-refractivity contribution in [3.05, 3.63) is 68.7 Å². The molecule has 0 unspecified atom stereocenters. The lowest BCUT2D eigenvalue weighted by molar-refractivity contribution is -0.133. The first-order valence-electron chi connectivity index (χ1n) is 9.11. The SMILES string of the molecule is Cc1cc(F)ccc1/C(=N/OCCN1CCC=C(C(=O)O)C1)c1sccc1C. The van der Waals surface area contributed by atoms with E-state index in [0.717, 1.165) is 34.5 Å². The Kier molecular flexibility index (Phi) is 6.59. The number of aryl methyl sites for hydroxylation is 2. The molecule has 0 radical (unpaired) electrons. The molecule has 148 valence electrons. The quantitative estimate of drug-likeness (QED) is 0.432. The third kappa shape index (κ3) is 4.85. The van der Waals surface area contributed by atoms with Gasteiger partial charge in [0.15, 0.2) is 0 Å². The lowest BCUT2D eigenvalue weighted by atomic mass is 10.0. The Labute approximate surface area is 167 Å². The Morgan fingerprint density at radius 3 is 2.82 bits per heavy atom. The van der Waals surface area contributed by atoms with Crippen molar-refractivity contribution in [3.8, 4) is 0 Å². The summed E-state index contributed by atoms with van der Waals surface area (Å²) < 4.78 is 13.5. The molecule has 1 aliphatic rings. The van der Waals surface area contributed by atoms with Crippen molar-refractivity contribution in [3.63, 3.8) is 0 Å². The third-order valence-electron chi connectivity index (χ3n) is 4.68. The normalized spacial score (nSPS) is 15.4. The van der Waals surface area contributed by atoms with Crippen molar-refractivity contribution in [2.45, 2.75) is 20.3 Å². The standard InChI is InChI=1S/C21H23FN2O3S/c1-14-7-11-28-20(14)19(18-6-5-17(22)12-15(18)2)23-27-10-9-24-8-3-4-16(13-24)21(25)26/h4-7,11-12H,3,8-10,13H2,1-2H3,(H,25,26)/b23-19-. The van der Waals surface area contributed by atoms with E-state index in [1.807, 2.05) is 30.2 Å². The van der Waals surface area contributed by atoms with E-state index in [1.165, 1.54) is 12.1 Å². The third-order valence-corrected chi connectivity index (χ3v) is 5.70. The van der Waals surface area contributed by atoms with Crippen LogP contribution in [0.5, 0.6) is 0 Å². The number of rotatable bonds is 7. The second-order valence-corrected chi connectivity index (χ2v) is 7.68. The minimum absolute atomic E-state index is 0.281. The highest BCUT2D eigenvalue weighted by Crippen LogP contribution is 2.23. The first-order valence-corrected chi connectivity index (χ1v) is 9.99. The predicted molar refractivity (Wildman–Crippen MR) is 109 cm³/mol. The summed E-state index contributed by atoms with van der Waals surface area (Å²) in [5.74, 6) is -1.15. The van der Waals surface area contributed by atoms with Crippen molar-refractivity contribution in [2.75, 3.05) is 26.2 Å². The lowest BCUT2D eigenvalue weighted by Gasteiger charge is -2.24. The Morgan fingerprint density at radius 1 is 1.32 bits per heavy atom. The molecule has 2 heterocycles. The number of oxime groups is 1. The van der Waals surface area contributed by atoms with Crippen LogP contribution in [0, 0.1) is 19.7 Å². The van der Waals surface area contributed by atoms with E-state index in [2.05, 4.69) is 5.16 Å². The van der Waals surface area contributed by atoms with Crippen molar-refractivity contribution < 1.29 is 19.1 Å². The summed E-state index contributed by atoms with van der Waals surface area (Å²) in [4.78, 5) is 19.8. The number of hydrogen-bond acceptors (Lipinski definition) is 5. The number of halogens is 1. The molecule has 1 aromatic carbocycles. The average molecular weight is 402 g/mol.